The van der Waals surface area contributed by atoms with E-state index in [0.29, 0.717) is 17.9 Å². The fourth-order valence-electron chi connectivity index (χ4n) is 4.97. The van der Waals surface area contributed by atoms with E-state index in [2.05, 4.69) is 55.0 Å². The average molecular weight is 529 g/mol. The second-order valence-corrected chi connectivity index (χ2v) is 13.3. The van der Waals surface area contributed by atoms with E-state index in [4.69, 9.17) is 4.74 Å². The van der Waals surface area contributed by atoms with E-state index in [1.165, 1.54) is 89.9 Å². The van der Waals surface area contributed by atoms with Crippen LogP contribution in [-0.2, 0) is 20.4 Å². The molecular formula is C35H60O3. The number of ether oxygens (including phenoxy) is 1. The Morgan fingerprint density at radius 2 is 1.03 bits per heavy atom. The highest BCUT2D eigenvalue weighted by Gasteiger charge is 2.28. The topological polar surface area (TPSA) is 46.5 Å². The third-order valence-electron chi connectivity index (χ3n) is 7.55. The Morgan fingerprint density at radius 1 is 0.684 bits per heavy atom. The van der Waals surface area contributed by atoms with Crippen LogP contribution in [0, 0.1) is 0 Å². The van der Waals surface area contributed by atoms with Gasteiger partial charge in [0, 0.05) is 11.1 Å². The first kappa shape index (κ1) is 34.3. The number of carbonyl (C=O) groups is 1. The molecule has 218 valence electrons. The van der Waals surface area contributed by atoms with E-state index < -0.39 is 0 Å². The van der Waals surface area contributed by atoms with Crippen LogP contribution in [0.3, 0.4) is 0 Å². The van der Waals surface area contributed by atoms with Gasteiger partial charge in [-0.2, -0.15) is 0 Å². The van der Waals surface area contributed by atoms with Gasteiger partial charge >= 0.3 is 5.97 Å². The summed E-state index contributed by atoms with van der Waals surface area (Å²) in [4.78, 5) is 12.7. The number of hydrogen-bond donors (Lipinski definition) is 1. The number of carbonyl (C=O) groups excluding carboxylic acids is 1. The lowest BCUT2D eigenvalue weighted by molar-refractivity contribution is -0.136. The molecule has 0 aliphatic rings. The SMILES string of the molecule is C=C(C(=O)OCCCCCCCCCCCCCCCCCC)c1cc(C(C)(C)C)c(O)c(C(C)(C)C)c1. The summed E-state index contributed by atoms with van der Waals surface area (Å²) in [6.45, 7) is 19.2. The Labute approximate surface area is 235 Å². The van der Waals surface area contributed by atoms with E-state index in [1.54, 1.807) is 0 Å². The smallest absolute Gasteiger partial charge is 0.338 e. The fraction of sp³-hybridized carbons (Fsp3) is 0.743. The van der Waals surface area contributed by atoms with Gasteiger partial charge < -0.3 is 9.84 Å². The standard InChI is InChI=1S/C35H60O3/c1-9-10-11-12-13-14-15-16-17-18-19-20-21-22-23-24-25-38-33(37)28(2)29-26-30(34(3,4)5)32(36)31(27-29)35(6,7)8/h26-27,36H,2,9-25H2,1,3-8H3. The molecule has 1 aromatic carbocycles. The monoisotopic (exact) mass is 528 g/mol. The van der Waals surface area contributed by atoms with Crippen molar-refractivity contribution in [2.24, 2.45) is 0 Å². The molecule has 0 saturated heterocycles. The van der Waals surface area contributed by atoms with Crippen LogP contribution in [0.5, 0.6) is 5.75 Å². The summed E-state index contributed by atoms with van der Waals surface area (Å²) in [7, 11) is 0. The molecule has 0 fully saturated rings. The molecule has 0 bridgehead atoms. The van der Waals surface area contributed by atoms with Gasteiger partial charge in [0.05, 0.1) is 12.2 Å². The second-order valence-electron chi connectivity index (χ2n) is 13.3. The zero-order chi connectivity index (χ0) is 28.6. The Bertz CT molecular complexity index is 788. The van der Waals surface area contributed by atoms with Gasteiger partial charge in [-0.05, 0) is 34.9 Å². The van der Waals surface area contributed by atoms with Crippen molar-refractivity contribution in [2.45, 2.75) is 162 Å². The first-order valence-corrected chi connectivity index (χ1v) is 15.6. The van der Waals surface area contributed by atoms with Crippen molar-refractivity contribution in [1.82, 2.24) is 0 Å². The molecule has 0 heterocycles. The van der Waals surface area contributed by atoms with Gasteiger partial charge in [-0.25, -0.2) is 4.79 Å². The minimum atomic E-state index is -0.364. The number of phenols is 1. The minimum absolute atomic E-state index is 0.252. The van der Waals surface area contributed by atoms with Crippen LogP contribution < -0.4 is 0 Å². The van der Waals surface area contributed by atoms with Crippen LogP contribution in [0.2, 0.25) is 0 Å². The number of aromatic hydroxyl groups is 1. The van der Waals surface area contributed by atoms with Crippen LogP contribution in [-0.4, -0.2) is 17.7 Å². The minimum Gasteiger partial charge on any atom is -0.507 e. The predicted molar refractivity (Wildman–Crippen MR) is 165 cm³/mol. The molecule has 0 saturated carbocycles. The zero-order valence-corrected chi connectivity index (χ0v) is 26.1. The highest BCUT2D eigenvalue weighted by molar-refractivity contribution is 6.15. The molecule has 1 aromatic rings. The molecule has 0 atom stereocenters. The maximum atomic E-state index is 12.7. The molecule has 0 aliphatic heterocycles. The first-order chi connectivity index (χ1) is 17.9. The number of unbranched alkanes of at least 4 members (excludes halogenated alkanes) is 15. The van der Waals surface area contributed by atoms with Crippen LogP contribution in [0.15, 0.2) is 18.7 Å². The molecule has 0 amide bonds. The predicted octanol–water partition coefficient (Wildman–Crippen LogP) is 10.8. The van der Waals surface area contributed by atoms with Crippen LogP contribution in [0.25, 0.3) is 5.57 Å². The van der Waals surface area contributed by atoms with Crippen molar-refractivity contribution in [2.75, 3.05) is 6.61 Å². The summed E-state index contributed by atoms with van der Waals surface area (Å²) in [6, 6.07) is 3.78. The highest BCUT2D eigenvalue weighted by atomic mass is 16.5. The zero-order valence-electron chi connectivity index (χ0n) is 26.1. The van der Waals surface area contributed by atoms with Gasteiger partial charge in [-0.3, -0.25) is 0 Å². The van der Waals surface area contributed by atoms with Crippen molar-refractivity contribution in [3.63, 3.8) is 0 Å². The Hall–Kier alpha value is -1.77. The summed E-state index contributed by atoms with van der Waals surface area (Å²) in [5.41, 5.74) is 2.24. The lowest BCUT2D eigenvalue weighted by Crippen LogP contribution is -2.18. The molecule has 1 rings (SSSR count). The Balaban J connectivity index is 2.25. The summed E-state index contributed by atoms with van der Waals surface area (Å²) in [6.07, 6.45) is 21.2. The molecule has 3 heteroatoms. The molecule has 0 unspecified atom stereocenters. The van der Waals surface area contributed by atoms with Crippen LogP contribution in [0.4, 0.5) is 0 Å². The van der Waals surface area contributed by atoms with Crippen LogP contribution >= 0.6 is 0 Å². The van der Waals surface area contributed by atoms with Crippen molar-refractivity contribution < 1.29 is 14.6 Å². The Morgan fingerprint density at radius 3 is 1.37 bits per heavy atom. The van der Waals surface area contributed by atoms with Gasteiger partial charge in [0.1, 0.15) is 5.75 Å². The van der Waals surface area contributed by atoms with Crippen molar-refractivity contribution in [3.8, 4) is 5.75 Å². The first-order valence-electron chi connectivity index (χ1n) is 15.6. The quantitative estimate of drug-likeness (QED) is 0.110. The normalized spacial score (nSPS) is 12.1. The number of rotatable bonds is 19. The fourth-order valence-corrected chi connectivity index (χ4v) is 4.97. The van der Waals surface area contributed by atoms with Crippen molar-refractivity contribution in [1.29, 1.82) is 0 Å². The van der Waals surface area contributed by atoms with Crippen molar-refractivity contribution in [3.05, 3.63) is 35.4 Å². The third-order valence-corrected chi connectivity index (χ3v) is 7.55. The highest BCUT2D eigenvalue weighted by Crippen LogP contribution is 2.41. The molecule has 3 nitrogen and oxygen atoms in total. The number of benzene rings is 1. The van der Waals surface area contributed by atoms with Crippen molar-refractivity contribution >= 4 is 11.5 Å². The molecule has 0 spiro atoms. The van der Waals surface area contributed by atoms with Gasteiger partial charge in [0.25, 0.3) is 0 Å². The number of esters is 1. The maximum absolute atomic E-state index is 12.7. The van der Waals surface area contributed by atoms with Gasteiger partial charge in [0.15, 0.2) is 0 Å². The van der Waals surface area contributed by atoms with E-state index in [0.717, 1.165) is 29.5 Å². The summed E-state index contributed by atoms with van der Waals surface area (Å²) < 4.78 is 5.56. The lowest BCUT2D eigenvalue weighted by atomic mass is 9.78. The molecule has 0 aromatic heterocycles. The molecule has 0 aliphatic carbocycles. The summed E-state index contributed by atoms with van der Waals surface area (Å²) >= 11 is 0. The largest absolute Gasteiger partial charge is 0.507 e. The van der Waals surface area contributed by atoms with Crippen LogP contribution in [0.1, 0.15) is 168 Å². The van der Waals surface area contributed by atoms with E-state index >= 15 is 0 Å². The van der Waals surface area contributed by atoms with E-state index in [1.807, 2.05) is 12.1 Å². The second kappa shape index (κ2) is 17.7. The maximum Gasteiger partial charge on any atom is 0.338 e. The van der Waals surface area contributed by atoms with Gasteiger partial charge in [-0.15, -0.1) is 0 Å². The molecule has 0 radical (unpaired) electrons. The van der Waals surface area contributed by atoms with Gasteiger partial charge in [-0.1, -0.05) is 151 Å². The summed E-state index contributed by atoms with van der Waals surface area (Å²) in [5.74, 6) is -0.0561. The van der Waals surface area contributed by atoms with E-state index in [-0.39, 0.29) is 16.8 Å². The molecule has 1 N–H and O–H groups in total. The third kappa shape index (κ3) is 13.3. The number of hydrogen-bond acceptors (Lipinski definition) is 3. The molecule has 38 heavy (non-hydrogen) atoms. The summed E-state index contributed by atoms with van der Waals surface area (Å²) in [5, 5.41) is 10.9. The Kier molecular flexibility index (Phi) is 16.0. The lowest BCUT2D eigenvalue weighted by Gasteiger charge is -2.28. The molecular weight excluding hydrogens is 468 g/mol. The van der Waals surface area contributed by atoms with Gasteiger partial charge in [0.2, 0.25) is 0 Å². The average Bonchev–Trinajstić information content (AvgIpc) is 2.84. The van der Waals surface area contributed by atoms with E-state index in [9.17, 15) is 9.90 Å². The number of phenolic OH excluding ortho intramolecular Hbond substituents is 1.